The van der Waals surface area contributed by atoms with Gasteiger partial charge in [-0.1, -0.05) is 58.4 Å². The van der Waals surface area contributed by atoms with Crippen molar-refractivity contribution in [2.75, 3.05) is 5.32 Å². The molecule has 0 aliphatic carbocycles. The molecule has 4 heteroatoms. The maximum Gasteiger partial charge on any atom is 0.256 e. The lowest BCUT2D eigenvalue weighted by molar-refractivity contribution is -0.110. The molecule has 4 rings (SSSR count). The molecule has 1 amide bonds. The molecular weight excluding hydrogens is 390 g/mol. The topological polar surface area (TPSA) is 49.3 Å². The molecule has 3 nitrogen and oxygen atoms in total. The number of carbonyl (C=O) groups excluding carboxylic acids is 1. The van der Waals surface area contributed by atoms with Crippen molar-refractivity contribution < 1.29 is 9.90 Å². The first-order valence-corrected chi connectivity index (χ1v) is 9.09. The van der Waals surface area contributed by atoms with Crippen molar-refractivity contribution in [3.8, 4) is 5.75 Å². The molecule has 3 aromatic carbocycles. The Morgan fingerprint density at radius 1 is 0.962 bits per heavy atom. The maximum atomic E-state index is 12.8. The summed E-state index contributed by atoms with van der Waals surface area (Å²) in [6.07, 6.45) is 0.596. The Morgan fingerprint density at radius 2 is 1.77 bits per heavy atom. The highest BCUT2D eigenvalue weighted by Crippen LogP contribution is 2.40. The summed E-state index contributed by atoms with van der Waals surface area (Å²) in [5.74, 6) is 0.0638. The van der Waals surface area contributed by atoms with Crippen LogP contribution in [0.4, 0.5) is 5.69 Å². The smallest absolute Gasteiger partial charge is 0.256 e. The minimum atomic E-state index is -0.118. The first kappa shape index (κ1) is 16.6. The number of benzene rings is 3. The molecular formula is C22H16BrNO2. The van der Waals surface area contributed by atoms with E-state index in [0.717, 1.165) is 32.4 Å². The Balaban J connectivity index is 1.94. The summed E-state index contributed by atoms with van der Waals surface area (Å²) in [4.78, 5) is 12.8. The van der Waals surface area contributed by atoms with Crippen LogP contribution in [0.5, 0.6) is 5.75 Å². The number of aromatic hydroxyl groups is 1. The Hall–Kier alpha value is -2.85. The molecule has 0 unspecified atom stereocenters. The summed E-state index contributed by atoms with van der Waals surface area (Å²) < 4.78 is 0.917. The van der Waals surface area contributed by atoms with Crippen molar-refractivity contribution in [2.45, 2.75) is 6.42 Å². The molecule has 1 aliphatic rings. The third-order valence-electron chi connectivity index (χ3n) is 4.45. The van der Waals surface area contributed by atoms with Gasteiger partial charge < -0.3 is 10.4 Å². The molecule has 128 valence electrons. The maximum absolute atomic E-state index is 12.8. The second-order valence-corrected chi connectivity index (χ2v) is 7.13. The minimum absolute atomic E-state index is 0.118. The van der Waals surface area contributed by atoms with Crippen LogP contribution in [0.15, 0.2) is 77.3 Å². The molecule has 0 radical (unpaired) electrons. The fourth-order valence-electron chi connectivity index (χ4n) is 3.27. The van der Waals surface area contributed by atoms with E-state index in [1.165, 1.54) is 0 Å². The molecule has 2 N–H and O–H groups in total. The third kappa shape index (κ3) is 3.16. The normalized spacial score (nSPS) is 14.7. The van der Waals surface area contributed by atoms with Crippen LogP contribution in [0.3, 0.4) is 0 Å². The van der Waals surface area contributed by atoms with Crippen molar-refractivity contribution >= 4 is 38.7 Å². The lowest BCUT2D eigenvalue weighted by Crippen LogP contribution is -2.07. The molecule has 1 heterocycles. The number of allylic oxidation sites excluding steroid dienone is 1. The van der Waals surface area contributed by atoms with E-state index in [4.69, 9.17) is 0 Å². The summed E-state index contributed by atoms with van der Waals surface area (Å²) in [5.41, 5.74) is 5.16. The van der Waals surface area contributed by atoms with Gasteiger partial charge in [0.05, 0.1) is 5.57 Å². The number of nitrogens with one attached hydrogen (secondary N) is 1. The molecule has 1 aliphatic heterocycles. The molecule has 0 bridgehead atoms. The van der Waals surface area contributed by atoms with Gasteiger partial charge in [0, 0.05) is 15.7 Å². The number of fused-ring (bicyclic) bond motifs is 1. The van der Waals surface area contributed by atoms with E-state index in [9.17, 15) is 9.90 Å². The predicted octanol–water partition coefficient (Wildman–Crippen LogP) is 5.26. The van der Waals surface area contributed by atoms with Gasteiger partial charge in [0.15, 0.2) is 0 Å². The van der Waals surface area contributed by atoms with Gasteiger partial charge in [-0.15, -0.1) is 0 Å². The summed E-state index contributed by atoms with van der Waals surface area (Å²) in [7, 11) is 0. The van der Waals surface area contributed by atoms with E-state index in [1.807, 2.05) is 54.6 Å². The summed E-state index contributed by atoms with van der Waals surface area (Å²) in [6, 6.07) is 22.8. The average molecular weight is 406 g/mol. The van der Waals surface area contributed by atoms with Gasteiger partial charge in [-0.3, -0.25) is 4.79 Å². The van der Waals surface area contributed by atoms with Gasteiger partial charge >= 0.3 is 0 Å². The van der Waals surface area contributed by atoms with Crippen LogP contribution >= 0.6 is 15.9 Å². The van der Waals surface area contributed by atoms with E-state index in [2.05, 4.69) is 21.2 Å². The number of amides is 1. The molecule has 3 aromatic rings. The van der Waals surface area contributed by atoms with Crippen LogP contribution in [0.2, 0.25) is 0 Å². The van der Waals surface area contributed by atoms with Gasteiger partial charge in [0.25, 0.3) is 5.91 Å². The number of halogens is 1. The minimum Gasteiger partial charge on any atom is -0.508 e. The SMILES string of the molecule is O=C1Nc2ccc(Br)cc2/C1=C(/Cc1ccccc1)c1cccc(O)c1. The molecule has 0 fully saturated rings. The number of anilines is 1. The van der Waals surface area contributed by atoms with Crippen molar-refractivity contribution in [3.05, 3.63) is 94.0 Å². The summed E-state index contributed by atoms with van der Waals surface area (Å²) in [5, 5.41) is 12.9. The van der Waals surface area contributed by atoms with Crippen molar-refractivity contribution in [2.24, 2.45) is 0 Å². The third-order valence-corrected chi connectivity index (χ3v) is 4.94. The lowest BCUT2D eigenvalue weighted by Gasteiger charge is -2.13. The van der Waals surface area contributed by atoms with Crippen LogP contribution in [-0.2, 0) is 11.2 Å². The van der Waals surface area contributed by atoms with E-state index in [0.29, 0.717) is 12.0 Å². The highest BCUT2D eigenvalue weighted by molar-refractivity contribution is 9.10. The number of phenolic OH excluding ortho intramolecular Hbond substituents is 1. The number of hydrogen-bond acceptors (Lipinski definition) is 2. The highest BCUT2D eigenvalue weighted by Gasteiger charge is 2.28. The number of rotatable bonds is 3. The number of phenols is 1. The Morgan fingerprint density at radius 3 is 2.54 bits per heavy atom. The average Bonchev–Trinajstić information content (AvgIpc) is 2.95. The van der Waals surface area contributed by atoms with Crippen LogP contribution in [0.25, 0.3) is 11.1 Å². The van der Waals surface area contributed by atoms with Gasteiger partial charge in [0.1, 0.15) is 5.75 Å². The molecule has 0 atom stereocenters. The summed E-state index contributed by atoms with van der Waals surface area (Å²) >= 11 is 3.49. The van der Waals surface area contributed by atoms with Crippen LogP contribution < -0.4 is 5.32 Å². The quantitative estimate of drug-likeness (QED) is 0.583. The van der Waals surface area contributed by atoms with Crippen LogP contribution in [0.1, 0.15) is 16.7 Å². The standard InChI is InChI=1S/C22H16BrNO2/c23-16-9-10-20-19(13-16)21(22(26)24-20)18(11-14-5-2-1-3-6-14)15-7-4-8-17(25)12-15/h1-10,12-13,25H,11H2,(H,24,26)/b21-18+. The van der Waals surface area contributed by atoms with E-state index < -0.39 is 0 Å². The summed E-state index contributed by atoms with van der Waals surface area (Å²) in [6.45, 7) is 0. The molecule has 0 saturated carbocycles. The second-order valence-electron chi connectivity index (χ2n) is 6.21. The molecule has 0 aromatic heterocycles. The van der Waals surface area contributed by atoms with Gasteiger partial charge in [0.2, 0.25) is 0 Å². The Kier molecular flexibility index (Phi) is 4.35. The lowest BCUT2D eigenvalue weighted by atomic mass is 9.90. The fourth-order valence-corrected chi connectivity index (χ4v) is 3.63. The number of hydrogen-bond donors (Lipinski definition) is 2. The van der Waals surface area contributed by atoms with Crippen LogP contribution in [0, 0.1) is 0 Å². The largest absolute Gasteiger partial charge is 0.508 e. The van der Waals surface area contributed by atoms with E-state index in [1.54, 1.807) is 18.2 Å². The van der Waals surface area contributed by atoms with Gasteiger partial charge in [-0.05, 0) is 53.5 Å². The van der Waals surface area contributed by atoms with E-state index >= 15 is 0 Å². The molecule has 0 saturated heterocycles. The molecule has 0 spiro atoms. The molecule has 26 heavy (non-hydrogen) atoms. The fraction of sp³-hybridized carbons (Fsp3) is 0.0455. The zero-order chi connectivity index (χ0) is 18.1. The zero-order valence-corrected chi connectivity index (χ0v) is 15.5. The first-order chi connectivity index (χ1) is 12.6. The second kappa shape index (κ2) is 6.81. The van der Waals surface area contributed by atoms with Crippen molar-refractivity contribution in [1.82, 2.24) is 0 Å². The van der Waals surface area contributed by atoms with E-state index in [-0.39, 0.29) is 11.7 Å². The van der Waals surface area contributed by atoms with Gasteiger partial charge in [-0.25, -0.2) is 0 Å². The first-order valence-electron chi connectivity index (χ1n) is 8.29. The van der Waals surface area contributed by atoms with Gasteiger partial charge in [-0.2, -0.15) is 0 Å². The van der Waals surface area contributed by atoms with Crippen LogP contribution in [-0.4, -0.2) is 11.0 Å². The Bertz CT molecular complexity index is 1030. The van der Waals surface area contributed by atoms with Crippen molar-refractivity contribution in [3.63, 3.8) is 0 Å². The zero-order valence-electron chi connectivity index (χ0n) is 13.9. The monoisotopic (exact) mass is 405 g/mol. The predicted molar refractivity (Wildman–Crippen MR) is 108 cm³/mol. The Labute approximate surface area is 160 Å². The number of carbonyl (C=O) groups is 1. The van der Waals surface area contributed by atoms with Crippen molar-refractivity contribution in [1.29, 1.82) is 0 Å². The highest BCUT2D eigenvalue weighted by atomic mass is 79.9.